The molecular formula is C22H21ClF3N5O2. The molecule has 33 heavy (non-hydrogen) atoms. The van der Waals surface area contributed by atoms with E-state index in [0.29, 0.717) is 63.0 Å². The number of aryl methyl sites for hydroxylation is 1. The van der Waals surface area contributed by atoms with Crippen molar-refractivity contribution in [2.45, 2.75) is 25.4 Å². The first-order valence-electron chi connectivity index (χ1n) is 10.4. The number of hydrogen-bond acceptors (Lipinski definition) is 6. The maximum atomic E-state index is 12.8. The highest BCUT2D eigenvalue weighted by Crippen LogP contribution is 2.33. The molecule has 4 rings (SSSR count). The van der Waals surface area contributed by atoms with Crippen LogP contribution in [0.2, 0.25) is 5.02 Å². The summed E-state index contributed by atoms with van der Waals surface area (Å²) in [4.78, 5) is 20.0. The first-order valence-corrected chi connectivity index (χ1v) is 10.8. The zero-order chi connectivity index (χ0) is 23.4. The molecule has 0 spiro atoms. The Morgan fingerprint density at radius 2 is 1.82 bits per heavy atom. The molecule has 0 bridgehead atoms. The number of carbonyl (C=O) groups excluding carboxylic acids is 1. The summed E-state index contributed by atoms with van der Waals surface area (Å²) in [6, 6.07) is 10.3. The van der Waals surface area contributed by atoms with E-state index in [-0.39, 0.29) is 10.9 Å². The second-order valence-corrected chi connectivity index (χ2v) is 8.02. The van der Waals surface area contributed by atoms with Gasteiger partial charge in [0.1, 0.15) is 5.82 Å². The van der Waals surface area contributed by atoms with Crippen LogP contribution >= 0.6 is 11.6 Å². The molecule has 1 aliphatic heterocycles. The molecule has 2 aromatic heterocycles. The van der Waals surface area contributed by atoms with Gasteiger partial charge < -0.3 is 14.2 Å². The van der Waals surface area contributed by atoms with Gasteiger partial charge >= 0.3 is 6.18 Å². The van der Waals surface area contributed by atoms with Crippen molar-refractivity contribution in [2.75, 3.05) is 31.1 Å². The molecule has 1 saturated heterocycles. The fourth-order valence-electron chi connectivity index (χ4n) is 3.59. The van der Waals surface area contributed by atoms with Gasteiger partial charge in [0.25, 0.3) is 0 Å². The van der Waals surface area contributed by atoms with Crippen molar-refractivity contribution in [1.29, 1.82) is 0 Å². The molecule has 1 amide bonds. The van der Waals surface area contributed by atoms with Crippen LogP contribution in [0.4, 0.5) is 19.0 Å². The fourth-order valence-corrected chi connectivity index (χ4v) is 3.87. The lowest BCUT2D eigenvalue weighted by molar-refractivity contribution is -0.137. The normalized spacial score (nSPS) is 14.5. The van der Waals surface area contributed by atoms with Gasteiger partial charge in [-0.3, -0.25) is 4.79 Å². The van der Waals surface area contributed by atoms with E-state index >= 15 is 0 Å². The molecule has 0 radical (unpaired) electrons. The Morgan fingerprint density at radius 3 is 2.48 bits per heavy atom. The molecule has 3 aromatic rings. The minimum Gasteiger partial charge on any atom is -0.421 e. The number of piperazine rings is 1. The van der Waals surface area contributed by atoms with Gasteiger partial charge in [0, 0.05) is 50.8 Å². The van der Waals surface area contributed by atoms with Gasteiger partial charge in [-0.05, 0) is 24.6 Å². The highest BCUT2D eigenvalue weighted by molar-refractivity contribution is 6.33. The van der Waals surface area contributed by atoms with Gasteiger partial charge in [0.2, 0.25) is 17.7 Å². The monoisotopic (exact) mass is 479 g/mol. The lowest BCUT2D eigenvalue weighted by Gasteiger charge is -2.36. The van der Waals surface area contributed by atoms with Crippen LogP contribution in [-0.4, -0.2) is 52.2 Å². The molecular weight excluding hydrogens is 459 g/mol. The molecule has 3 heterocycles. The average molecular weight is 480 g/mol. The average Bonchev–Trinajstić information content (AvgIpc) is 3.28. The number of nitrogens with zero attached hydrogens (tertiary/aromatic N) is 5. The van der Waals surface area contributed by atoms with Crippen LogP contribution in [0.3, 0.4) is 0 Å². The Balaban J connectivity index is 1.24. The smallest absolute Gasteiger partial charge is 0.417 e. The van der Waals surface area contributed by atoms with Crippen molar-refractivity contribution in [3.8, 4) is 11.5 Å². The Kier molecular flexibility index (Phi) is 6.83. The second kappa shape index (κ2) is 9.78. The molecule has 0 unspecified atom stereocenters. The zero-order valence-electron chi connectivity index (χ0n) is 17.6. The number of benzene rings is 1. The molecule has 11 heteroatoms. The first kappa shape index (κ1) is 23.0. The molecule has 0 saturated carbocycles. The Labute approximate surface area is 193 Å². The molecule has 1 aromatic carbocycles. The van der Waals surface area contributed by atoms with Crippen LogP contribution in [0.15, 0.2) is 47.0 Å². The minimum atomic E-state index is -4.50. The van der Waals surface area contributed by atoms with Crippen LogP contribution in [0.5, 0.6) is 0 Å². The van der Waals surface area contributed by atoms with Crippen molar-refractivity contribution in [2.24, 2.45) is 0 Å². The largest absolute Gasteiger partial charge is 0.421 e. The van der Waals surface area contributed by atoms with Crippen LogP contribution < -0.4 is 4.90 Å². The number of alkyl halides is 3. The predicted molar refractivity (Wildman–Crippen MR) is 116 cm³/mol. The predicted octanol–water partition coefficient (Wildman–Crippen LogP) is 4.48. The lowest BCUT2D eigenvalue weighted by Crippen LogP contribution is -2.49. The van der Waals surface area contributed by atoms with Crippen molar-refractivity contribution >= 4 is 23.3 Å². The third kappa shape index (κ3) is 5.62. The van der Waals surface area contributed by atoms with E-state index in [1.165, 1.54) is 0 Å². The molecule has 1 fully saturated rings. The van der Waals surface area contributed by atoms with E-state index in [9.17, 15) is 18.0 Å². The maximum absolute atomic E-state index is 12.8. The van der Waals surface area contributed by atoms with Crippen LogP contribution in [0.25, 0.3) is 11.5 Å². The summed E-state index contributed by atoms with van der Waals surface area (Å²) in [5.74, 6) is 1.23. The third-order valence-electron chi connectivity index (χ3n) is 5.35. The number of aromatic nitrogens is 3. The number of amides is 1. The lowest BCUT2D eigenvalue weighted by atomic mass is 10.2. The molecule has 0 aliphatic carbocycles. The van der Waals surface area contributed by atoms with Crippen molar-refractivity contribution in [3.63, 3.8) is 0 Å². The SMILES string of the molecule is O=C(CCCc1nnc(-c2ccccc2)o1)N1CCN(c2ncc(C(F)(F)F)cc2Cl)CC1. The number of carbonyl (C=O) groups is 1. The van der Waals surface area contributed by atoms with E-state index in [4.69, 9.17) is 16.0 Å². The summed E-state index contributed by atoms with van der Waals surface area (Å²) < 4.78 is 44.1. The Bertz CT molecular complexity index is 1100. The fraction of sp³-hybridized carbons (Fsp3) is 0.364. The summed E-state index contributed by atoms with van der Waals surface area (Å²) in [7, 11) is 0. The summed E-state index contributed by atoms with van der Waals surface area (Å²) in [6.07, 6.45) is -2.31. The zero-order valence-corrected chi connectivity index (χ0v) is 18.3. The number of anilines is 1. The molecule has 0 atom stereocenters. The van der Waals surface area contributed by atoms with E-state index in [0.717, 1.165) is 17.8 Å². The Morgan fingerprint density at radius 1 is 1.09 bits per heavy atom. The summed E-state index contributed by atoms with van der Waals surface area (Å²) >= 11 is 6.03. The molecule has 7 nitrogen and oxygen atoms in total. The van der Waals surface area contributed by atoms with Gasteiger partial charge in [0.15, 0.2) is 0 Å². The highest BCUT2D eigenvalue weighted by Gasteiger charge is 2.32. The number of halogens is 4. The van der Waals surface area contributed by atoms with E-state index in [1.807, 2.05) is 30.3 Å². The maximum Gasteiger partial charge on any atom is 0.417 e. The van der Waals surface area contributed by atoms with Crippen LogP contribution in [0.1, 0.15) is 24.3 Å². The summed E-state index contributed by atoms with van der Waals surface area (Å²) in [5.41, 5.74) is -0.0463. The van der Waals surface area contributed by atoms with Crippen molar-refractivity contribution < 1.29 is 22.4 Å². The summed E-state index contributed by atoms with van der Waals surface area (Å²) in [5, 5.41) is 8.02. The number of hydrogen-bond donors (Lipinski definition) is 0. The topological polar surface area (TPSA) is 75.4 Å². The van der Waals surface area contributed by atoms with Gasteiger partial charge in [-0.25, -0.2) is 4.98 Å². The molecule has 1 aliphatic rings. The van der Waals surface area contributed by atoms with Crippen molar-refractivity contribution in [1.82, 2.24) is 20.1 Å². The second-order valence-electron chi connectivity index (χ2n) is 7.62. The van der Waals surface area contributed by atoms with Crippen molar-refractivity contribution in [3.05, 3.63) is 59.1 Å². The number of rotatable bonds is 6. The quantitative estimate of drug-likeness (QED) is 0.519. The van der Waals surface area contributed by atoms with Gasteiger partial charge in [0.05, 0.1) is 10.6 Å². The van der Waals surface area contributed by atoms with Gasteiger partial charge in [-0.15, -0.1) is 10.2 Å². The third-order valence-corrected chi connectivity index (χ3v) is 5.63. The van der Waals surface area contributed by atoms with Gasteiger partial charge in [-0.1, -0.05) is 29.8 Å². The summed E-state index contributed by atoms with van der Waals surface area (Å²) in [6.45, 7) is 1.76. The standard InChI is InChI=1S/C22H21ClF3N5O2/c23-17-13-16(22(24,25)26)14-27-20(17)31-11-9-30(10-12-31)19(32)8-4-7-18-28-29-21(33-18)15-5-2-1-3-6-15/h1-3,5-6,13-14H,4,7-12H2. The van der Waals surface area contributed by atoms with E-state index < -0.39 is 11.7 Å². The first-order chi connectivity index (χ1) is 15.8. The van der Waals surface area contributed by atoms with Crippen LogP contribution in [0, 0.1) is 0 Å². The van der Waals surface area contributed by atoms with Gasteiger partial charge in [-0.2, -0.15) is 13.2 Å². The minimum absolute atomic E-state index is 0.00363. The van der Waals surface area contributed by atoms with E-state index in [2.05, 4.69) is 15.2 Å². The highest BCUT2D eigenvalue weighted by atomic mass is 35.5. The Hall–Kier alpha value is -3.14. The molecule has 174 valence electrons. The number of pyridine rings is 1. The molecule has 0 N–H and O–H groups in total. The van der Waals surface area contributed by atoms with Crippen LogP contribution in [-0.2, 0) is 17.4 Å². The van der Waals surface area contributed by atoms with E-state index in [1.54, 1.807) is 9.80 Å².